The Morgan fingerprint density at radius 2 is 1.93 bits per heavy atom. The molecule has 0 spiro atoms. The molecule has 0 aliphatic carbocycles. The van der Waals surface area contributed by atoms with Gasteiger partial charge in [0.1, 0.15) is 17.4 Å². The van der Waals surface area contributed by atoms with Crippen LogP contribution in [0.4, 0.5) is 4.39 Å². The van der Waals surface area contributed by atoms with Crippen molar-refractivity contribution in [2.24, 2.45) is 10.9 Å². The van der Waals surface area contributed by atoms with Crippen molar-refractivity contribution in [3.8, 4) is 0 Å². The number of nitrogens with zero attached hydrogens (tertiary/aromatic N) is 2. The molecule has 0 bridgehead atoms. The molecule has 136 valence electrons. The average Bonchev–Trinajstić information content (AvgIpc) is 3.11. The maximum absolute atomic E-state index is 13.7. The second-order valence-electron chi connectivity index (χ2n) is 6.34. The predicted molar refractivity (Wildman–Crippen MR) is 97.3 cm³/mol. The molecular formula is C20H16FN3O3. The highest BCUT2D eigenvalue weighted by Gasteiger charge is 2.42. The third kappa shape index (κ3) is 3.13. The van der Waals surface area contributed by atoms with Crippen molar-refractivity contribution in [2.75, 3.05) is 6.54 Å². The van der Waals surface area contributed by atoms with Gasteiger partial charge in [0.25, 0.3) is 0 Å². The van der Waals surface area contributed by atoms with E-state index in [1.165, 1.54) is 12.1 Å². The van der Waals surface area contributed by atoms with E-state index >= 15 is 0 Å². The van der Waals surface area contributed by atoms with Crippen LogP contribution in [0.15, 0.2) is 65.7 Å². The fraction of sp³-hybridized carbons (Fsp3) is 0.150. The normalized spacial score (nSPS) is 21.3. The molecule has 6 nitrogen and oxygen atoms in total. The maximum atomic E-state index is 13.7. The Morgan fingerprint density at radius 1 is 1.15 bits per heavy atom. The van der Waals surface area contributed by atoms with Crippen LogP contribution < -0.4 is 5.43 Å². The lowest BCUT2D eigenvalue weighted by atomic mass is 9.99. The van der Waals surface area contributed by atoms with Crippen LogP contribution in [0.2, 0.25) is 0 Å². The Morgan fingerprint density at radius 3 is 2.63 bits per heavy atom. The summed E-state index contributed by atoms with van der Waals surface area (Å²) in [4.78, 5) is 28.9. The monoisotopic (exact) mass is 365 g/mol. The number of nitrogens with one attached hydrogen (secondary N) is 1. The van der Waals surface area contributed by atoms with Gasteiger partial charge in [-0.3, -0.25) is 19.6 Å². The van der Waals surface area contributed by atoms with E-state index in [4.69, 9.17) is 0 Å². The Hall–Kier alpha value is -3.32. The zero-order valence-electron chi connectivity index (χ0n) is 14.2. The Bertz CT molecular complexity index is 971. The van der Waals surface area contributed by atoms with E-state index in [9.17, 15) is 19.1 Å². The zero-order valence-corrected chi connectivity index (χ0v) is 14.2. The molecule has 2 N–H and O–H groups in total. The van der Waals surface area contributed by atoms with Crippen LogP contribution in [0, 0.1) is 11.7 Å². The molecule has 2 atom stereocenters. The average molecular weight is 365 g/mol. The lowest BCUT2D eigenvalue weighted by molar-refractivity contribution is -0.141. The fourth-order valence-electron chi connectivity index (χ4n) is 3.28. The van der Waals surface area contributed by atoms with E-state index in [-0.39, 0.29) is 18.0 Å². The number of rotatable bonds is 4. The van der Waals surface area contributed by atoms with Gasteiger partial charge in [0, 0.05) is 17.7 Å². The van der Waals surface area contributed by atoms with Crippen molar-refractivity contribution in [2.45, 2.75) is 6.17 Å². The van der Waals surface area contributed by atoms with Gasteiger partial charge in [0.05, 0.1) is 5.70 Å². The van der Waals surface area contributed by atoms with Gasteiger partial charge in [-0.15, -0.1) is 0 Å². The molecule has 0 saturated carbocycles. The molecule has 0 aromatic heterocycles. The van der Waals surface area contributed by atoms with Gasteiger partial charge in [0.2, 0.25) is 5.78 Å². The van der Waals surface area contributed by atoms with Crippen molar-refractivity contribution in [1.29, 1.82) is 0 Å². The minimum absolute atomic E-state index is 0.150. The molecular weight excluding hydrogens is 349 g/mol. The summed E-state index contributed by atoms with van der Waals surface area (Å²) in [5.74, 6) is -2.55. The van der Waals surface area contributed by atoms with Crippen LogP contribution >= 0.6 is 0 Å². The van der Waals surface area contributed by atoms with Crippen LogP contribution in [0.3, 0.4) is 0 Å². The molecule has 1 fully saturated rings. The summed E-state index contributed by atoms with van der Waals surface area (Å²) >= 11 is 0. The van der Waals surface area contributed by atoms with Crippen LogP contribution in [-0.4, -0.2) is 40.3 Å². The maximum Gasteiger partial charge on any atom is 0.312 e. The summed E-state index contributed by atoms with van der Waals surface area (Å²) in [6, 6.07) is 14.6. The highest BCUT2D eigenvalue weighted by atomic mass is 19.1. The number of carboxylic acid groups (broad SMARTS) is 1. The molecule has 7 heteroatoms. The number of ketones is 1. The number of carboxylic acids is 1. The first kappa shape index (κ1) is 17.1. The highest BCUT2D eigenvalue weighted by molar-refractivity contribution is 6.50. The van der Waals surface area contributed by atoms with Gasteiger partial charge in [-0.1, -0.05) is 42.5 Å². The number of allylic oxidation sites excluding steroid dienone is 1. The number of hydrogen-bond donors (Lipinski definition) is 2. The lowest BCUT2D eigenvalue weighted by Gasteiger charge is -2.31. The minimum atomic E-state index is -1.01. The molecule has 2 aromatic carbocycles. The summed E-state index contributed by atoms with van der Waals surface area (Å²) in [6.07, 6.45) is 0.783. The summed E-state index contributed by atoms with van der Waals surface area (Å²) in [5.41, 5.74) is 4.65. The number of aliphatic carboxylic acids is 1. The summed E-state index contributed by atoms with van der Waals surface area (Å²) < 4.78 is 13.7. The predicted octanol–water partition coefficient (Wildman–Crippen LogP) is 2.35. The van der Waals surface area contributed by atoms with Gasteiger partial charge in [-0.05, 0) is 18.2 Å². The lowest BCUT2D eigenvalue weighted by Crippen LogP contribution is -2.41. The molecule has 0 radical (unpaired) electrons. The second-order valence-corrected chi connectivity index (χ2v) is 6.34. The van der Waals surface area contributed by atoms with Crippen LogP contribution in [0.25, 0.3) is 5.70 Å². The molecule has 2 aromatic rings. The van der Waals surface area contributed by atoms with E-state index in [0.29, 0.717) is 16.8 Å². The van der Waals surface area contributed by atoms with Crippen molar-refractivity contribution in [3.05, 3.63) is 77.6 Å². The molecule has 27 heavy (non-hydrogen) atoms. The Kier molecular flexibility index (Phi) is 4.29. The van der Waals surface area contributed by atoms with Crippen LogP contribution in [0.5, 0.6) is 0 Å². The van der Waals surface area contributed by atoms with E-state index < -0.39 is 23.9 Å². The number of hydrogen-bond acceptors (Lipinski definition) is 5. The smallest absolute Gasteiger partial charge is 0.312 e. The van der Waals surface area contributed by atoms with E-state index in [1.54, 1.807) is 53.5 Å². The molecule has 1 saturated heterocycles. The van der Waals surface area contributed by atoms with Crippen LogP contribution in [0.1, 0.15) is 15.9 Å². The third-order valence-electron chi connectivity index (χ3n) is 4.62. The first-order valence-corrected chi connectivity index (χ1v) is 8.45. The number of carbonyl (C=O) groups is 2. The number of fused-ring (bicyclic) bond motifs is 1. The van der Waals surface area contributed by atoms with Crippen molar-refractivity contribution >= 4 is 23.2 Å². The first-order valence-electron chi connectivity index (χ1n) is 8.45. The number of hydrazine groups is 1. The van der Waals surface area contributed by atoms with Gasteiger partial charge in [-0.2, -0.15) is 0 Å². The van der Waals surface area contributed by atoms with Crippen LogP contribution in [-0.2, 0) is 4.79 Å². The van der Waals surface area contributed by atoms with Gasteiger partial charge in [-0.25, -0.2) is 9.82 Å². The van der Waals surface area contributed by atoms with E-state index in [0.717, 1.165) is 0 Å². The van der Waals surface area contributed by atoms with Gasteiger partial charge >= 0.3 is 5.97 Å². The largest absolute Gasteiger partial charge is 0.481 e. The summed E-state index contributed by atoms with van der Waals surface area (Å²) in [6.45, 7) is 0.170. The highest BCUT2D eigenvalue weighted by Crippen LogP contribution is 2.32. The molecule has 0 amide bonds. The number of Topliss-reactive ketones (excluding diaryl/α,β-unsaturated/α-hetero) is 1. The van der Waals surface area contributed by atoms with Crippen molar-refractivity contribution in [3.63, 3.8) is 0 Å². The number of halogens is 1. The Balaban J connectivity index is 1.80. The van der Waals surface area contributed by atoms with Crippen molar-refractivity contribution in [1.82, 2.24) is 10.4 Å². The standard InChI is InChI=1S/C20H16FN3O3/c21-14-8-4-7-13(9-14)17-10-16(18(25)12-5-2-1-3-6-12)23-19-15(20(26)27)11-22-24(17)19/h1-10,15,19,22H,11H2,(H,26,27). The molecule has 2 aliphatic rings. The number of aliphatic imine (C=N–C) groups is 1. The fourth-order valence-corrected chi connectivity index (χ4v) is 3.28. The number of benzene rings is 2. The molecule has 2 unspecified atom stereocenters. The van der Waals surface area contributed by atoms with Crippen molar-refractivity contribution < 1.29 is 19.1 Å². The quantitative estimate of drug-likeness (QED) is 0.813. The minimum Gasteiger partial charge on any atom is -0.481 e. The SMILES string of the molecule is O=C(C1=NC2C(C(=O)O)CNN2C(c2cccc(F)c2)=C1)c1ccccc1. The molecule has 4 rings (SSSR count). The zero-order chi connectivity index (χ0) is 19.0. The topological polar surface area (TPSA) is 82.0 Å². The Labute approximate surface area is 154 Å². The number of carbonyl (C=O) groups excluding carboxylic acids is 1. The summed E-state index contributed by atoms with van der Waals surface area (Å²) in [7, 11) is 0. The van der Waals surface area contributed by atoms with E-state index in [1.807, 2.05) is 0 Å². The second kappa shape index (κ2) is 6.77. The van der Waals surface area contributed by atoms with Gasteiger partial charge in [0.15, 0.2) is 6.17 Å². The third-order valence-corrected chi connectivity index (χ3v) is 4.62. The molecule has 2 aliphatic heterocycles. The summed E-state index contributed by atoms with van der Waals surface area (Å²) in [5, 5.41) is 11.1. The molecule has 2 heterocycles. The van der Waals surface area contributed by atoms with Gasteiger partial charge < -0.3 is 5.11 Å². The van der Waals surface area contributed by atoms with E-state index in [2.05, 4.69) is 10.4 Å². The first-order chi connectivity index (χ1) is 13.0.